The molecule has 1 radical (unpaired) electrons. The van der Waals surface area contributed by atoms with Crippen molar-refractivity contribution in [1.29, 1.82) is 0 Å². The number of aliphatic hydroxyl groups is 1. The summed E-state index contributed by atoms with van der Waals surface area (Å²) in [5.74, 6) is 1.66. The molecule has 1 aliphatic rings. The number of carbonyl (C=O) groups excluding carboxylic acids is 1. The number of aliphatic hydroxyl groups excluding tert-OH is 1. The minimum Gasteiger partial charge on any atom is -0.512 e. The summed E-state index contributed by atoms with van der Waals surface area (Å²) >= 11 is 0. The first-order valence-corrected chi connectivity index (χ1v) is 9.33. The monoisotopic (exact) mass is 575 g/mol. The standard InChI is InChI=1S/C20H12NO.C5H8O2.Ir/c1-12-8-9-14-11-21-19-15-6-2-4-13-5-3-7-17(18(13)15)22-20(19)16(14)10-12;1-4(6)3-5(2)7;/h2-5,7-11H,1H3;3,6H,1-2H3;/q-1;;/b;4-3-;. The number of hydrogen-bond acceptors (Lipinski definition) is 4. The number of fused-ring (bicyclic) bond motifs is 4. The molecule has 153 valence electrons. The normalized spacial score (nSPS) is 11.6. The van der Waals surface area contributed by atoms with Crippen molar-refractivity contribution in [3.8, 4) is 22.8 Å². The Morgan fingerprint density at radius 2 is 1.93 bits per heavy atom. The third-order valence-electron chi connectivity index (χ3n) is 4.66. The molecule has 2 heterocycles. The second-order valence-corrected chi connectivity index (χ2v) is 7.10. The molecule has 0 saturated carbocycles. The van der Waals surface area contributed by atoms with E-state index in [1.807, 2.05) is 24.4 Å². The Morgan fingerprint density at radius 3 is 2.63 bits per heavy atom. The zero-order valence-corrected chi connectivity index (χ0v) is 19.2. The number of hydrogen-bond donors (Lipinski definition) is 1. The molecular weight excluding hydrogens is 554 g/mol. The van der Waals surface area contributed by atoms with Crippen molar-refractivity contribution in [3.05, 3.63) is 78.2 Å². The molecule has 5 rings (SSSR count). The van der Waals surface area contributed by atoms with Gasteiger partial charge in [-0.1, -0.05) is 40.6 Å². The predicted octanol–water partition coefficient (Wildman–Crippen LogP) is 6.30. The molecule has 30 heavy (non-hydrogen) atoms. The molecule has 1 aliphatic heterocycles. The second kappa shape index (κ2) is 8.78. The maximum atomic E-state index is 10.0. The van der Waals surface area contributed by atoms with E-state index in [4.69, 9.17) is 9.84 Å². The molecule has 0 unspecified atom stereocenters. The molecule has 4 nitrogen and oxygen atoms in total. The summed E-state index contributed by atoms with van der Waals surface area (Å²) in [5.41, 5.74) is 3.12. The topological polar surface area (TPSA) is 59.4 Å². The van der Waals surface area contributed by atoms with E-state index in [1.54, 1.807) is 0 Å². The number of aryl methyl sites for hydroxylation is 1. The molecule has 5 heteroatoms. The number of benzene rings is 3. The van der Waals surface area contributed by atoms with Crippen molar-refractivity contribution in [3.63, 3.8) is 0 Å². The largest absolute Gasteiger partial charge is 0.512 e. The van der Waals surface area contributed by atoms with E-state index in [-0.39, 0.29) is 31.6 Å². The van der Waals surface area contributed by atoms with Crippen molar-refractivity contribution in [2.24, 2.45) is 0 Å². The van der Waals surface area contributed by atoms with Crippen molar-refractivity contribution in [1.82, 2.24) is 4.98 Å². The minimum atomic E-state index is -0.125. The van der Waals surface area contributed by atoms with Crippen LogP contribution in [0.5, 0.6) is 11.5 Å². The number of ketones is 1. The predicted molar refractivity (Wildman–Crippen MR) is 115 cm³/mol. The Kier molecular flexibility index (Phi) is 6.35. The van der Waals surface area contributed by atoms with Crippen LogP contribution >= 0.6 is 0 Å². The van der Waals surface area contributed by atoms with Crippen LogP contribution in [0, 0.1) is 13.0 Å². The Labute approximate surface area is 188 Å². The van der Waals surface area contributed by atoms with Gasteiger partial charge in [0.2, 0.25) is 0 Å². The van der Waals surface area contributed by atoms with Gasteiger partial charge in [0.05, 0.1) is 11.5 Å². The summed E-state index contributed by atoms with van der Waals surface area (Å²) in [7, 11) is 0. The number of aromatic nitrogens is 1. The first kappa shape index (κ1) is 21.7. The smallest absolute Gasteiger partial charge is 0.155 e. The molecule has 0 spiro atoms. The molecule has 0 saturated heterocycles. The van der Waals surface area contributed by atoms with Crippen LogP contribution in [-0.4, -0.2) is 15.9 Å². The quantitative estimate of drug-likeness (QED) is 0.145. The first-order chi connectivity index (χ1) is 13.9. The molecule has 0 fully saturated rings. The van der Waals surface area contributed by atoms with Crippen molar-refractivity contribution >= 4 is 27.3 Å². The summed E-state index contributed by atoms with van der Waals surface area (Å²) in [6.45, 7) is 4.94. The number of ether oxygens (including phenoxy) is 1. The SMILES string of the molecule is CC(=O)/C=C(/C)O.Cc1ccc2cnc3c(c2c1)Oc1cccc2cc[c-]c-3c12.[Ir]. The first-order valence-electron chi connectivity index (χ1n) is 9.33. The van der Waals surface area contributed by atoms with Gasteiger partial charge in [0.25, 0.3) is 0 Å². The fourth-order valence-electron chi connectivity index (χ4n) is 3.50. The van der Waals surface area contributed by atoms with E-state index in [2.05, 4.69) is 48.3 Å². The summed E-state index contributed by atoms with van der Waals surface area (Å²) in [5, 5.41) is 12.8. The maximum Gasteiger partial charge on any atom is 0.155 e. The van der Waals surface area contributed by atoms with E-state index in [9.17, 15) is 4.79 Å². The van der Waals surface area contributed by atoms with Gasteiger partial charge in [-0.15, -0.1) is 23.8 Å². The van der Waals surface area contributed by atoms with Gasteiger partial charge >= 0.3 is 0 Å². The van der Waals surface area contributed by atoms with E-state index in [1.165, 1.54) is 25.5 Å². The van der Waals surface area contributed by atoms with Crippen LogP contribution in [0.25, 0.3) is 32.8 Å². The molecule has 4 aromatic rings. The molecular formula is C25H20IrNO3-. The number of rotatable bonds is 1. The van der Waals surface area contributed by atoms with Crippen LogP contribution in [0.1, 0.15) is 19.4 Å². The van der Waals surface area contributed by atoms with Crippen LogP contribution in [0.3, 0.4) is 0 Å². The van der Waals surface area contributed by atoms with E-state index in [0.717, 1.165) is 44.3 Å². The van der Waals surface area contributed by atoms with Gasteiger partial charge < -0.3 is 14.8 Å². The number of allylic oxidation sites excluding steroid dienone is 2. The Bertz CT molecular complexity index is 1290. The van der Waals surface area contributed by atoms with Gasteiger partial charge in [-0.2, -0.15) is 0 Å². The molecule has 0 bridgehead atoms. The minimum absolute atomic E-state index is 0. The Hall–Kier alpha value is -3.01. The van der Waals surface area contributed by atoms with E-state index in [0.29, 0.717) is 0 Å². The van der Waals surface area contributed by atoms with Gasteiger partial charge in [-0.25, -0.2) is 0 Å². The van der Waals surface area contributed by atoms with Gasteiger partial charge in [0.15, 0.2) is 5.78 Å². The zero-order chi connectivity index (χ0) is 20.5. The number of nitrogens with zero attached hydrogens (tertiary/aromatic N) is 1. The average Bonchev–Trinajstić information content (AvgIpc) is 2.68. The van der Waals surface area contributed by atoms with Crippen LogP contribution in [0.15, 0.2) is 66.6 Å². The van der Waals surface area contributed by atoms with Crippen LogP contribution in [0.4, 0.5) is 0 Å². The molecule has 0 amide bonds. The van der Waals surface area contributed by atoms with E-state index >= 15 is 0 Å². The second-order valence-electron chi connectivity index (χ2n) is 7.10. The number of pyridine rings is 1. The average molecular weight is 575 g/mol. The third-order valence-corrected chi connectivity index (χ3v) is 4.66. The Morgan fingerprint density at radius 1 is 1.13 bits per heavy atom. The third kappa shape index (κ3) is 4.13. The van der Waals surface area contributed by atoms with Crippen molar-refractivity contribution in [2.45, 2.75) is 20.8 Å². The summed E-state index contributed by atoms with van der Waals surface area (Å²) in [6, 6.07) is 19.8. The molecule has 1 aromatic heterocycles. The van der Waals surface area contributed by atoms with Gasteiger partial charge in [-0.3, -0.25) is 4.79 Å². The molecule has 0 atom stereocenters. The fraction of sp³-hybridized carbons (Fsp3) is 0.120. The van der Waals surface area contributed by atoms with Gasteiger partial charge in [0, 0.05) is 48.8 Å². The van der Waals surface area contributed by atoms with Crippen LogP contribution in [-0.2, 0) is 24.9 Å². The molecule has 0 aliphatic carbocycles. The van der Waals surface area contributed by atoms with Gasteiger partial charge in [0.1, 0.15) is 5.75 Å². The summed E-state index contributed by atoms with van der Waals surface area (Å²) in [6.07, 6.45) is 3.08. The van der Waals surface area contributed by atoms with Crippen LogP contribution in [0.2, 0.25) is 0 Å². The molecule has 3 aromatic carbocycles. The van der Waals surface area contributed by atoms with Crippen molar-refractivity contribution in [2.75, 3.05) is 0 Å². The van der Waals surface area contributed by atoms with E-state index < -0.39 is 0 Å². The van der Waals surface area contributed by atoms with Gasteiger partial charge in [-0.05, 0) is 32.9 Å². The summed E-state index contributed by atoms with van der Waals surface area (Å²) < 4.78 is 6.24. The molecule has 1 N–H and O–H groups in total. The zero-order valence-electron chi connectivity index (χ0n) is 16.8. The summed E-state index contributed by atoms with van der Waals surface area (Å²) in [4.78, 5) is 14.7. The van der Waals surface area contributed by atoms with Crippen molar-refractivity contribution < 1.29 is 34.7 Å². The fourth-order valence-corrected chi connectivity index (χ4v) is 3.50. The van der Waals surface area contributed by atoms with Crippen LogP contribution < -0.4 is 4.74 Å². The Balaban J connectivity index is 0.000000281. The maximum absolute atomic E-state index is 10.0. The number of carbonyl (C=O) groups is 1.